The molecule has 1 aliphatic rings. The maximum absolute atomic E-state index is 10.6. The third-order valence-corrected chi connectivity index (χ3v) is 2.39. The van der Waals surface area contributed by atoms with Gasteiger partial charge in [0.15, 0.2) is 0 Å². The van der Waals surface area contributed by atoms with Crippen LogP contribution in [0, 0.1) is 0 Å². The van der Waals surface area contributed by atoms with Crippen LogP contribution >= 0.6 is 0 Å². The number of ether oxygens (including phenoxy) is 1. The van der Waals surface area contributed by atoms with E-state index < -0.39 is 5.97 Å². The molecule has 2 rings (SSSR count). The lowest BCUT2D eigenvalue weighted by Gasteiger charge is -2.09. The molecule has 2 atom stereocenters. The van der Waals surface area contributed by atoms with Gasteiger partial charge in [-0.2, -0.15) is 0 Å². The van der Waals surface area contributed by atoms with Crippen molar-refractivity contribution < 1.29 is 14.6 Å². The van der Waals surface area contributed by atoms with Crippen molar-refractivity contribution in [2.75, 3.05) is 0 Å². The van der Waals surface area contributed by atoms with Crippen LogP contribution in [0.4, 0.5) is 0 Å². The number of nitrogens with zero attached hydrogens (tertiary/aromatic N) is 2. The summed E-state index contributed by atoms with van der Waals surface area (Å²) in [6.07, 6.45) is 1.42. The van der Waals surface area contributed by atoms with Crippen molar-refractivity contribution >= 4 is 11.9 Å². The zero-order valence-corrected chi connectivity index (χ0v) is 8.83. The van der Waals surface area contributed by atoms with Gasteiger partial charge >= 0.3 is 5.97 Å². The third-order valence-electron chi connectivity index (χ3n) is 2.39. The topological polar surface area (TPSA) is 71.8 Å². The Morgan fingerprint density at radius 2 is 2.38 bits per heavy atom. The molecule has 16 heavy (non-hydrogen) atoms. The fourth-order valence-corrected chi connectivity index (χ4v) is 1.55. The standard InChI is InChI=1S/C11H12N2O3/c1-7-9(6-10(14)15)13-11(16-7)8-4-2-3-5-12-8/h2-5,7,9H,6H2,1H3,(H,14,15)/t7-,9-/m1/s1. The highest BCUT2D eigenvalue weighted by Gasteiger charge is 2.30. The molecule has 0 fully saturated rings. The molecular formula is C11H12N2O3. The van der Waals surface area contributed by atoms with Crippen molar-refractivity contribution in [3.63, 3.8) is 0 Å². The SMILES string of the molecule is C[C@H]1OC(c2ccccn2)=N[C@@H]1CC(=O)O. The molecule has 2 heterocycles. The Bertz CT molecular complexity index is 416. The van der Waals surface area contributed by atoms with E-state index in [0.29, 0.717) is 11.6 Å². The van der Waals surface area contributed by atoms with Crippen LogP contribution in [0.25, 0.3) is 0 Å². The fourth-order valence-electron chi connectivity index (χ4n) is 1.55. The van der Waals surface area contributed by atoms with Crippen LogP contribution in [-0.4, -0.2) is 34.1 Å². The van der Waals surface area contributed by atoms with Crippen molar-refractivity contribution in [3.05, 3.63) is 30.1 Å². The molecule has 0 unspecified atom stereocenters. The van der Waals surface area contributed by atoms with E-state index in [0.717, 1.165) is 0 Å². The number of rotatable bonds is 3. The molecule has 1 N–H and O–H groups in total. The first-order chi connectivity index (χ1) is 7.66. The Morgan fingerprint density at radius 3 is 3.00 bits per heavy atom. The summed E-state index contributed by atoms with van der Waals surface area (Å²) in [6.45, 7) is 1.81. The van der Waals surface area contributed by atoms with E-state index in [-0.39, 0.29) is 18.6 Å². The van der Waals surface area contributed by atoms with Crippen molar-refractivity contribution in [1.82, 2.24) is 4.98 Å². The Hall–Kier alpha value is -1.91. The highest BCUT2D eigenvalue weighted by molar-refractivity contribution is 5.93. The van der Waals surface area contributed by atoms with Crippen LogP contribution in [-0.2, 0) is 9.53 Å². The number of pyridine rings is 1. The number of hydrogen-bond acceptors (Lipinski definition) is 4. The molecule has 1 aromatic rings. The van der Waals surface area contributed by atoms with Crippen LogP contribution in [0.2, 0.25) is 0 Å². The minimum atomic E-state index is -0.869. The highest BCUT2D eigenvalue weighted by Crippen LogP contribution is 2.19. The van der Waals surface area contributed by atoms with Crippen LogP contribution < -0.4 is 0 Å². The lowest BCUT2D eigenvalue weighted by Crippen LogP contribution is -2.21. The molecule has 0 bridgehead atoms. The van der Waals surface area contributed by atoms with E-state index in [9.17, 15) is 4.79 Å². The molecule has 84 valence electrons. The summed E-state index contributed by atoms with van der Waals surface area (Å²) >= 11 is 0. The number of aliphatic imine (C=N–C) groups is 1. The minimum Gasteiger partial charge on any atom is -0.481 e. The van der Waals surface area contributed by atoms with E-state index in [1.807, 2.05) is 13.0 Å². The van der Waals surface area contributed by atoms with Crippen molar-refractivity contribution in [2.45, 2.75) is 25.5 Å². The predicted molar refractivity (Wildman–Crippen MR) is 57.4 cm³/mol. The molecule has 0 saturated carbocycles. The number of carboxylic acid groups (broad SMARTS) is 1. The minimum absolute atomic E-state index is 0.0164. The molecule has 0 aliphatic carbocycles. The monoisotopic (exact) mass is 220 g/mol. The van der Waals surface area contributed by atoms with Gasteiger partial charge in [0.25, 0.3) is 0 Å². The van der Waals surface area contributed by atoms with Gasteiger partial charge in [0.1, 0.15) is 17.8 Å². The maximum Gasteiger partial charge on any atom is 0.305 e. The summed E-state index contributed by atoms with van der Waals surface area (Å²) in [7, 11) is 0. The summed E-state index contributed by atoms with van der Waals surface area (Å²) in [5.41, 5.74) is 0.641. The number of hydrogen-bond donors (Lipinski definition) is 1. The lowest BCUT2D eigenvalue weighted by atomic mass is 10.1. The van der Waals surface area contributed by atoms with Crippen LogP contribution in [0.5, 0.6) is 0 Å². The van der Waals surface area contributed by atoms with E-state index in [1.54, 1.807) is 18.3 Å². The molecule has 5 nitrogen and oxygen atoms in total. The summed E-state index contributed by atoms with van der Waals surface area (Å²) in [5.74, 6) is -0.439. The number of carboxylic acids is 1. The van der Waals surface area contributed by atoms with Gasteiger partial charge in [0.05, 0.1) is 6.42 Å². The fraction of sp³-hybridized carbons (Fsp3) is 0.364. The smallest absolute Gasteiger partial charge is 0.305 e. The van der Waals surface area contributed by atoms with Gasteiger partial charge < -0.3 is 9.84 Å². The Balaban J connectivity index is 2.16. The number of aliphatic carboxylic acids is 1. The average Bonchev–Trinajstić information content (AvgIpc) is 2.61. The number of carbonyl (C=O) groups is 1. The first-order valence-electron chi connectivity index (χ1n) is 5.04. The quantitative estimate of drug-likeness (QED) is 0.827. The summed E-state index contributed by atoms with van der Waals surface area (Å²) in [5, 5.41) is 8.71. The molecule has 1 aromatic heterocycles. The van der Waals surface area contributed by atoms with Gasteiger partial charge in [-0.25, -0.2) is 4.99 Å². The third kappa shape index (κ3) is 2.18. The summed E-state index contributed by atoms with van der Waals surface area (Å²) in [6, 6.07) is 5.10. The van der Waals surface area contributed by atoms with Crippen molar-refractivity contribution in [1.29, 1.82) is 0 Å². The second-order valence-corrected chi connectivity index (χ2v) is 3.64. The summed E-state index contributed by atoms with van der Waals surface area (Å²) in [4.78, 5) is 18.9. The van der Waals surface area contributed by atoms with Gasteiger partial charge in [0, 0.05) is 6.20 Å². The second-order valence-electron chi connectivity index (χ2n) is 3.64. The first-order valence-corrected chi connectivity index (χ1v) is 5.04. The molecule has 0 radical (unpaired) electrons. The van der Waals surface area contributed by atoms with E-state index in [2.05, 4.69) is 9.98 Å². The zero-order valence-electron chi connectivity index (χ0n) is 8.83. The Kier molecular flexibility index (Phi) is 2.85. The first kappa shape index (κ1) is 10.6. The van der Waals surface area contributed by atoms with E-state index >= 15 is 0 Å². The van der Waals surface area contributed by atoms with Gasteiger partial charge in [-0.3, -0.25) is 9.78 Å². The molecule has 0 amide bonds. The van der Waals surface area contributed by atoms with Gasteiger partial charge in [-0.05, 0) is 19.1 Å². The zero-order chi connectivity index (χ0) is 11.5. The molecule has 0 saturated heterocycles. The predicted octanol–water partition coefficient (Wildman–Crippen LogP) is 1.09. The van der Waals surface area contributed by atoms with Gasteiger partial charge in [-0.15, -0.1) is 0 Å². The molecule has 0 aromatic carbocycles. The molecular weight excluding hydrogens is 208 g/mol. The Labute approximate surface area is 92.8 Å². The number of aromatic nitrogens is 1. The van der Waals surface area contributed by atoms with Crippen LogP contribution in [0.1, 0.15) is 19.0 Å². The highest BCUT2D eigenvalue weighted by atomic mass is 16.5. The molecule has 1 aliphatic heterocycles. The lowest BCUT2D eigenvalue weighted by molar-refractivity contribution is -0.137. The Morgan fingerprint density at radius 1 is 1.56 bits per heavy atom. The average molecular weight is 220 g/mol. The van der Waals surface area contributed by atoms with Gasteiger partial charge in [0.2, 0.25) is 5.90 Å². The van der Waals surface area contributed by atoms with Crippen LogP contribution in [0.15, 0.2) is 29.4 Å². The second kappa shape index (κ2) is 4.30. The van der Waals surface area contributed by atoms with Crippen LogP contribution in [0.3, 0.4) is 0 Å². The summed E-state index contributed by atoms with van der Waals surface area (Å²) < 4.78 is 5.48. The molecule has 0 spiro atoms. The van der Waals surface area contributed by atoms with E-state index in [1.165, 1.54) is 0 Å². The largest absolute Gasteiger partial charge is 0.481 e. The van der Waals surface area contributed by atoms with Crippen molar-refractivity contribution in [3.8, 4) is 0 Å². The van der Waals surface area contributed by atoms with E-state index in [4.69, 9.17) is 9.84 Å². The van der Waals surface area contributed by atoms with Gasteiger partial charge in [-0.1, -0.05) is 6.07 Å². The van der Waals surface area contributed by atoms with Crippen molar-refractivity contribution in [2.24, 2.45) is 4.99 Å². The molecule has 5 heteroatoms. The normalized spacial score (nSPS) is 23.7. The maximum atomic E-state index is 10.6.